The topological polar surface area (TPSA) is 65.7 Å². The van der Waals surface area contributed by atoms with Gasteiger partial charge in [-0.05, 0) is 44.2 Å². The van der Waals surface area contributed by atoms with Crippen molar-refractivity contribution in [2.24, 2.45) is 5.10 Å². The van der Waals surface area contributed by atoms with E-state index >= 15 is 0 Å². The Labute approximate surface area is 187 Å². The number of ether oxygens (including phenoxy) is 4. The second-order valence-corrected chi connectivity index (χ2v) is 7.72. The smallest absolute Gasteiger partial charge is 0.217 e. The number of rotatable bonds is 6. The summed E-state index contributed by atoms with van der Waals surface area (Å²) in [6, 6.07) is 15.7. The Balaban J connectivity index is 1.66. The maximum atomic E-state index is 6.57. The number of hydrazone groups is 1. The predicted molar refractivity (Wildman–Crippen MR) is 120 cm³/mol. The van der Waals surface area contributed by atoms with Crippen LogP contribution in [0, 0.1) is 6.92 Å². The zero-order chi connectivity index (χ0) is 22.2. The molecule has 0 N–H and O–H groups in total. The van der Waals surface area contributed by atoms with Gasteiger partial charge in [-0.3, -0.25) is 0 Å². The molecule has 7 heteroatoms. The first-order valence-electron chi connectivity index (χ1n) is 10.7. The van der Waals surface area contributed by atoms with E-state index in [1.807, 2.05) is 61.3 Å². The third-order valence-electron chi connectivity index (χ3n) is 5.80. The summed E-state index contributed by atoms with van der Waals surface area (Å²) in [6.07, 6.45) is 0.175. The number of furan rings is 1. The first-order valence-corrected chi connectivity index (χ1v) is 10.7. The molecule has 0 spiro atoms. The van der Waals surface area contributed by atoms with E-state index in [4.69, 9.17) is 28.5 Å². The molecule has 166 valence electrons. The molecular weight excluding hydrogens is 408 g/mol. The first kappa shape index (κ1) is 20.3. The Morgan fingerprint density at radius 1 is 1.00 bits per heavy atom. The Morgan fingerprint density at radius 2 is 1.78 bits per heavy atom. The SMILES string of the molecule is CCOc1cccc2c1O[C@@H](c1cccc(OC)c1OC)N1N=C(c3ccc(C)o3)C[C@@H]21. The molecule has 3 heterocycles. The van der Waals surface area contributed by atoms with Gasteiger partial charge in [-0.25, -0.2) is 5.01 Å². The standard InChI is InChI=1S/C25H26N2O5/c1-5-30-22-11-6-8-16-19-14-18(20-13-12-15(2)31-20)26-27(19)25(32-24(16)22)17-9-7-10-21(28-3)23(17)29-4/h6-13,19,25H,5,14H2,1-4H3/t19-,25-/m0/s1. The third kappa shape index (κ3) is 3.25. The summed E-state index contributed by atoms with van der Waals surface area (Å²) < 4.78 is 29.6. The number of fused-ring (bicyclic) bond motifs is 3. The van der Waals surface area contributed by atoms with Crippen LogP contribution in [0.2, 0.25) is 0 Å². The third-order valence-corrected chi connectivity index (χ3v) is 5.80. The molecule has 2 aliphatic heterocycles. The van der Waals surface area contributed by atoms with E-state index in [2.05, 4.69) is 6.07 Å². The zero-order valence-electron chi connectivity index (χ0n) is 18.6. The van der Waals surface area contributed by atoms with Crippen molar-refractivity contribution in [3.8, 4) is 23.0 Å². The maximum Gasteiger partial charge on any atom is 0.217 e. The summed E-state index contributed by atoms with van der Waals surface area (Å²) in [7, 11) is 3.26. The van der Waals surface area contributed by atoms with E-state index in [1.165, 1.54) is 0 Å². The van der Waals surface area contributed by atoms with Crippen molar-refractivity contribution in [3.63, 3.8) is 0 Å². The molecular formula is C25H26N2O5. The summed E-state index contributed by atoms with van der Waals surface area (Å²) in [5, 5.41) is 6.94. The number of hydrogen-bond donors (Lipinski definition) is 0. The van der Waals surface area contributed by atoms with Crippen LogP contribution in [0.4, 0.5) is 0 Å². The average molecular weight is 434 g/mol. The molecule has 0 saturated heterocycles. The quantitative estimate of drug-likeness (QED) is 0.528. The molecule has 0 amide bonds. The van der Waals surface area contributed by atoms with Crippen LogP contribution in [0.5, 0.6) is 23.0 Å². The minimum Gasteiger partial charge on any atom is -0.493 e. The fourth-order valence-electron chi connectivity index (χ4n) is 4.40. The highest BCUT2D eigenvalue weighted by molar-refractivity contribution is 5.99. The number of nitrogens with zero attached hydrogens (tertiary/aromatic N) is 2. The van der Waals surface area contributed by atoms with Gasteiger partial charge in [-0.15, -0.1) is 0 Å². The van der Waals surface area contributed by atoms with Gasteiger partial charge in [-0.2, -0.15) is 5.10 Å². The van der Waals surface area contributed by atoms with Gasteiger partial charge < -0.3 is 23.4 Å². The van der Waals surface area contributed by atoms with Crippen molar-refractivity contribution in [2.45, 2.75) is 32.5 Å². The second-order valence-electron chi connectivity index (χ2n) is 7.72. The number of hydrogen-bond acceptors (Lipinski definition) is 7. The van der Waals surface area contributed by atoms with E-state index in [-0.39, 0.29) is 6.04 Å². The van der Waals surface area contributed by atoms with Gasteiger partial charge in [0.1, 0.15) is 17.2 Å². The van der Waals surface area contributed by atoms with Gasteiger partial charge in [0.2, 0.25) is 6.23 Å². The highest BCUT2D eigenvalue weighted by atomic mass is 16.5. The molecule has 5 rings (SSSR count). The highest BCUT2D eigenvalue weighted by Gasteiger charge is 2.44. The van der Waals surface area contributed by atoms with Crippen LogP contribution in [-0.4, -0.2) is 31.5 Å². The van der Waals surface area contributed by atoms with E-state index < -0.39 is 6.23 Å². The van der Waals surface area contributed by atoms with Crippen LogP contribution in [-0.2, 0) is 0 Å². The van der Waals surface area contributed by atoms with Gasteiger partial charge in [0.25, 0.3) is 0 Å². The molecule has 3 aromatic rings. The Morgan fingerprint density at radius 3 is 2.47 bits per heavy atom. The summed E-state index contributed by atoms with van der Waals surface area (Å²) in [4.78, 5) is 0. The summed E-state index contributed by atoms with van der Waals surface area (Å²) in [5.74, 6) is 4.34. The Kier molecular flexibility index (Phi) is 5.17. The normalized spacial score (nSPS) is 19.0. The molecule has 2 atom stereocenters. The average Bonchev–Trinajstić information content (AvgIpc) is 3.45. The molecule has 7 nitrogen and oxygen atoms in total. The van der Waals surface area contributed by atoms with Crippen LogP contribution in [0.3, 0.4) is 0 Å². The highest BCUT2D eigenvalue weighted by Crippen LogP contribution is 2.52. The van der Waals surface area contributed by atoms with Gasteiger partial charge in [-0.1, -0.05) is 18.2 Å². The van der Waals surface area contributed by atoms with E-state index in [1.54, 1.807) is 14.2 Å². The van der Waals surface area contributed by atoms with Crippen LogP contribution in [0.25, 0.3) is 0 Å². The van der Waals surface area contributed by atoms with Crippen molar-refractivity contribution in [1.29, 1.82) is 0 Å². The van der Waals surface area contributed by atoms with E-state index in [9.17, 15) is 0 Å². The fourth-order valence-corrected chi connectivity index (χ4v) is 4.40. The van der Waals surface area contributed by atoms with Crippen molar-refractivity contribution in [3.05, 3.63) is 71.2 Å². The fraction of sp³-hybridized carbons (Fsp3) is 0.320. The van der Waals surface area contributed by atoms with Gasteiger partial charge in [0, 0.05) is 12.0 Å². The van der Waals surface area contributed by atoms with E-state index in [0.29, 0.717) is 24.5 Å². The lowest BCUT2D eigenvalue weighted by atomic mass is 9.97. The van der Waals surface area contributed by atoms with Crippen LogP contribution in [0.1, 0.15) is 48.3 Å². The van der Waals surface area contributed by atoms with Crippen LogP contribution in [0.15, 0.2) is 58.0 Å². The van der Waals surface area contributed by atoms with E-state index in [0.717, 1.165) is 39.9 Å². The molecule has 0 radical (unpaired) electrons. The number of methoxy groups -OCH3 is 2. The lowest BCUT2D eigenvalue weighted by Gasteiger charge is -2.39. The molecule has 2 aromatic carbocycles. The van der Waals surface area contributed by atoms with Crippen LogP contribution < -0.4 is 18.9 Å². The first-order chi connectivity index (χ1) is 15.6. The van der Waals surface area contributed by atoms with Gasteiger partial charge in [0.05, 0.1) is 32.4 Å². The Bertz CT molecular complexity index is 1170. The summed E-state index contributed by atoms with van der Waals surface area (Å²) in [5.41, 5.74) is 2.75. The molecule has 1 aromatic heterocycles. The van der Waals surface area contributed by atoms with Gasteiger partial charge in [0.15, 0.2) is 23.0 Å². The zero-order valence-corrected chi connectivity index (χ0v) is 18.6. The number of aryl methyl sites for hydroxylation is 1. The number of para-hydroxylation sites is 2. The van der Waals surface area contributed by atoms with Crippen molar-refractivity contribution >= 4 is 5.71 Å². The molecule has 0 fully saturated rings. The molecule has 0 bridgehead atoms. The second kappa shape index (κ2) is 8.15. The molecule has 0 unspecified atom stereocenters. The predicted octanol–water partition coefficient (Wildman–Crippen LogP) is 5.25. The van der Waals surface area contributed by atoms with Gasteiger partial charge >= 0.3 is 0 Å². The lowest BCUT2D eigenvalue weighted by Crippen LogP contribution is -2.34. The largest absolute Gasteiger partial charge is 0.493 e. The minimum atomic E-state index is -0.521. The minimum absolute atomic E-state index is 0.0273. The summed E-state index contributed by atoms with van der Waals surface area (Å²) >= 11 is 0. The van der Waals surface area contributed by atoms with Crippen molar-refractivity contribution < 1.29 is 23.4 Å². The monoisotopic (exact) mass is 434 g/mol. The van der Waals surface area contributed by atoms with Crippen LogP contribution >= 0.6 is 0 Å². The molecule has 0 aliphatic carbocycles. The summed E-state index contributed by atoms with van der Waals surface area (Å²) in [6.45, 7) is 4.45. The molecule has 0 saturated carbocycles. The maximum absolute atomic E-state index is 6.57. The molecule has 2 aliphatic rings. The molecule has 32 heavy (non-hydrogen) atoms. The van der Waals surface area contributed by atoms with Crippen molar-refractivity contribution in [2.75, 3.05) is 20.8 Å². The lowest BCUT2D eigenvalue weighted by molar-refractivity contribution is -0.0226. The van der Waals surface area contributed by atoms with Crippen molar-refractivity contribution in [1.82, 2.24) is 5.01 Å². The Hall–Kier alpha value is -3.61. The number of benzene rings is 2.